The number of rotatable bonds is 7. The molecule has 2 aliphatic rings. The van der Waals surface area contributed by atoms with E-state index in [1.54, 1.807) is 17.9 Å². The number of fused-ring (bicyclic) bond motifs is 2. The first-order valence-electron chi connectivity index (χ1n) is 9.72. The Labute approximate surface area is 183 Å². The summed E-state index contributed by atoms with van der Waals surface area (Å²) in [5, 5.41) is 3.32. The number of nitrogens with one attached hydrogen (secondary N) is 1. The number of hydrogen-bond acceptors (Lipinski definition) is 8. The molecule has 2 aliphatic heterocycles. The number of ether oxygens (including phenoxy) is 4. The number of nitrogens with zero attached hydrogens (tertiary/aromatic N) is 2. The molecule has 2 aromatic rings. The zero-order valence-electron chi connectivity index (χ0n) is 17.0. The van der Waals surface area contributed by atoms with Crippen molar-refractivity contribution in [2.45, 2.75) is 47.7 Å². The topological polar surface area (TPSA) is 66.8 Å². The highest BCUT2D eigenvalue weighted by atomic mass is 32.2. The second-order valence-electron chi connectivity index (χ2n) is 7.01. The van der Waals surface area contributed by atoms with Crippen LogP contribution in [0.5, 0.6) is 5.75 Å². The van der Waals surface area contributed by atoms with Gasteiger partial charge in [-0.1, -0.05) is 24.8 Å². The molecule has 0 spiro atoms. The predicted octanol–water partition coefficient (Wildman–Crippen LogP) is 4.51. The van der Waals surface area contributed by atoms with Crippen molar-refractivity contribution in [2.75, 3.05) is 32.8 Å². The summed E-state index contributed by atoms with van der Waals surface area (Å²) >= 11 is 6.98. The van der Waals surface area contributed by atoms with Gasteiger partial charge in [0.15, 0.2) is 12.4 Å². The minimum atomic E-state index is -1.40. The molecule has 4 rings (SSSR count). The Morgan fingerprint density at radius 2 is 2.17 bits per heavy atom. The monoisotopic (exact) mass is 453 g/mol. The van der Waals surface area contributed by atoms with Crippen LogP contribution < -0.4 is 10.1 Å². The van der Waals surface area contributed by atoms with Crippen molar-refractivity contribution in [2.24, 2.45) is 0 Å². The van der Waals surface area contributed by atoms with Crippen molar-refractivity contribution >= 4 is 35.5 Å². The van der Waals surface area contributed by atoms with Gasteiger partial charge in [-0.15, -0.1) is 0 Å². The minimum Gasteiger partial charge on any atom is -0.491 e. The number of hydrogen-bond donors (Lipinski definition) is 1. The molecule has 0 aliphatic carbocycles. The van der Waals surface area contributed by atoms with Gasteiger partial charge in [-0.25, -0.2) is 9.37 Å². The van der Waals surface area contributed by atoms with E-state index in [1.807, 2.05) is 18.2 Å². The first kappa shape index (κ1) is 21.5. The predicted molar refractivity (Wildman–Crippen MR) is 114 cm³/mol. The van der Waals surface area contributed by atoms with Crippen LogP contribution in [0.4, 0.5) is 15.9 Å². The molecule has 4 atom stereocenters. The zero-order chi connectivity index (χ0) is 21.3. The molecule has 0 radical (unpaired) electrons. The second-order valence-corrected chi connectivity index (χ2v) is 8.46. The maximum absolute atomic E-state index is 15.1. The lowest BCUT2D eigenvalue weighted by molar-refractivity contribution is -0.0621. The first-order valence-corrected chi connectivity index (χ1v) is 10.9. The van der Waals surface area contributed by atoms with E-state index in [0.717, 1.165) is 27.6 Å². The average molecular weight is 454 g/mol. The average Bonchev–Trinajstić information content (AvgIpc) is 3.05. The molecule has 30 heavy (non-hydrogen) atoms. The quantitative estimate of drug-likeness (QED) is 0.525. The van der Waals surface area contributed by atoms with Gasteiger partial charge < -0.3 is 24.3 Å². The van der Waals surface area contributed by atoms with Crippen molar-refractivity contribution in [1.82, 2.24) is 9.55 Å². The Kier molecular flexibility index (Phi) is 6.59. The van der Waals surface area contributed by atoms with Crippen LogP contribution in [0.1, 0.15) is 19.6 Å². The van der Waals surface area contributed by atoms with Gasteiger partial charge in [0.1, 0.15) is 23.8 Å². The normalized spacial score (nSPS) is 24.8. The summed E-state index contributed by atoms with van der Waals surface area (Å²) in [6, 6.07) is 5.87. The lowest BCUT2D eigenvalue weighted by Crippen LogP contribution is -2.33. The standard InChI is InChI=1S/C20H24FN3O4S2/c1-4-8-27-11-6-5-7-13-16(11)22-18-14(30-13)9-24(20(29)23-18)19-15(21)17(26-3)12(28-19)10-25-2/h5-7,9,12,15,17,19H,4,8,10H2,1-3H3,(H,22,23,29)/t12-,15+,17?,19-/m1/s1. The van der Waals surface area contributed by atoms with Gasteiger partial charge in [0.25, 0.3) is 0 Å². The fourth-order valence-corrected chi connectivity index (χ4v) is 4.83. The molecule has 1 N–H and O–H groups in total. The van der Waals surface area contributed by atoms with Gasteiger partial charge in [-0.05, 0) is 30.8 Å². The van der Waals surface area contributed by atoms with Crippen molar-refractivity contribution in [3.05, 3.63) is 29.2 Å². The van der Waals surface area contributed by atoms with E-state index in [4.69, 9.17) is 31.2 Å². The third-order valence-electron chi connectivity index (χ3n) is 4.98. The van der Waals surface area contributed by atoms with Gasteiger partial charge >= 0.3 is 0 Å². The van der Waals surface area contributed by atoms with Gasteiger partial charge in [-0.3, -0.25) is 4.57 Å². The van der Waals surface area contributed by atoms with E-state index in [1.165, 1.54) is 18.9 Å². The van der Waals surface area contributed by atoms with Crippen molar-refractivity contribution in [3.8, 4) is 5.75 Å². The Morgan fingerprint density at radius 3 is 2.90 bits per heavy atom. The van der Waals surface area contributed by atoms with Crippen LogP contribution in [0, 0.1) is 4.77 Å². The highest BCUT2D eigenvalue weighted by molar-refractivity contribution is 7.99. The van der Waals surface area contributed by atoms with Crippen molar-refractivity contribution in [1.29, 1.82) is 0 Å². The van der Waals surface area contributed by atoms with Crippen LogP contribution in [0.25, 0.3) is 0 Å². The maximum Gasteiger partial charge on any atom is 0.203 e. The molecule has 1 aromatic carbocycles. The summed E-state index contributed by atoms with van der Waals surface area (Å²) in [7, 11) is 3.01. The number of benzene rings is 1. The number of alkyl halides is 1. The molecule has 1 unspecified atom stereocenters. The fraction of sp³-hybridized carbons (Fsp3) is 0.500. The summed E-state index contributed by atoms with van der Waals surface area (Å²) in [6.07, 6.45) is -0.892. The number of methoxy groups -OCH3 is 2. The zero-order valence-corrected chi connectivity index (χ0v) is 18.6. The highest BCUT2D eigenvalue weighted by Crippen LogP contribution is 2.47. The lowest BCUT2D eigenvalue weighted by Gasteiger charge is -2.25. The molecular weight excluding hydrogens is 429 g/mol. The Bertz CT molecular complexity index is 974. The van der Waals surface area contributed by atoms with E-state index in [-0.39, 0.29) is 11.4 Å². The highest BCUT2D eigenvalue weighted by Gasteiger charge is 2.46. The van der Waals surface area contributed by atoms with Gasteiger partial charge in [0.2, 0.25) is 4.77 Å². The molecule has 0 bridgehead atoms. The first-order chi connectivity index (χ1) is 14.6. The third kappa shape index (κ3) is 3.94. The molecule has 1 fully saturated rings. The van der Waals surface area contributed by atoms with Crippen molar-refractivity contribution < 1.29 is 23.3 Å². The minimum absolute atomic E-state index is 0.220. The summed E-state index contributed by atoms with van der Waals surface area (Å²) < 4.78 is 39.1. The molecule has 10 heteroatoms. The van der Waals surface area contributed by atoms with E-state index in [9.17, 15) is 0 Å². The fourth-order valence-electron chi connectivity index (χ4n) is 3.58. The Balaban J connectivity index is 1.64. The van der Waals surface area contributed by atoms with Crippen LogP contribution in [-0.4, -0.2) is 55.4 Å². The maximum atomic E-state index is 15.1. The van der Waals surface area contributed by atoms with Gasteiger partial charge in [-0.2, -0.15) is 0 Å². The SMILES string of the molecule is CCCOc1cccc2c1Nc1nc(=S)n([C@@H]3O[C@H](COC)C(OC)[C@@H]3F)cc1S2. The Morgan fingerprint density at radius 1 is 1.33 bits per heavy atom. The van der Waals surface area contributed by atoms with Crippen LogP contribution in [-0.2, 0) is 14.2 Å². The number of para-hydroxylation sites is 1. The molecule has 162 valence electrons. The molecule has 0 saturated carbocycles. The van der Waals surface area contributed by atoms with E-state index >= 15 is 4.39 Å². The molecule has 1 saturated heterocycles. The summed E-state index contributed by atoms with van der Waals surface area (Å²) in [6.45, 7) is 2.92. The Hall–Kier alpha value is -1.72. The van der Waals surface area contributed by atoms with Crippen LogP contribution >= 0.6 is 24.0 Å². The van der Waals surface area contributed by atoms with Crippen LogP contribution in [0.2, 0.25) is 0 Å². The largest absolute Gasteiger partial charge is 0.491 e. The molecule has 1 aromatic heterocycles. The summed E-state index contributed by atoms with van der Waals surface area (Å²) in [5.74, 6) is 1.39. The van der Waals surface area contributed by atoms with Crippen LogP contribution in [0.3, 0.4) is 0 Å². The van der Waals surface area contributed by atoms with Crippen molar-refractivity contribution in [3.63, 3.8) is 0 Å². The smallest absolute Gasteiger partial charge is 0.203 e. The summed E-state index contributed by atoms with van der Waals surface area (Å²) in [5.41, 5.74) is 0.864. The third-order valence-corrected chi connectivity index (χ3v) is 6.36. The molecule has 7 nitrogen and oxygen atoms in total. The number of aromatic nitrogens is 2. The van der Waals surface area contributed by atoms with Gasteiger partial charge in [0, 0.05) is 25.3 Å². The van der Waals surface area contributed by atoms with E-state index in [0.29, 0.717) is 12.4 Å². The number of halogens is 1. The van der Waals surface area contributed by atoms with Gasteiger partial charge in [0.05, 0.1) is 23.8 Å². The van der Waals surface area contributed by atoms with Crippen LogP contribution in [0.15, 0.2) is 34.2 Å². The number of anilines is 2. The van der Waals surface area contributed by atoms with E-state index in [2.05, 4.69) is 17.2 Å². The van der Waals surface area contributed by atoms with E-state index < -0.39 is 24.6 Å². The second kappa shape index (κ2) is 9.19. The summed E-state index contributed by atoms with van der Waals surface area (Å²) in [4.78, 5) is 6.33. The molecule has 3 heterocycles. The molecular formula is C20H24FN3O4S2. The lowest BCUT2D eigenvalue weighted by atomic mass is 10.1. The molecule has 0 amide bonds.